The van der Waals surface area contributed by atoms with Crippen LogP contribution in [0.3, 0.4) is 0 Å². The summed E-state index contributed by atoms with van der Waals surface area (Å²) in [5.74, 6) is 0.381. The average molecular weight is 727 g/mol. The van der Waals surface area contributed by atoms with Crippen molar-refractivity contribution >= 4 is 56.6 Å². The molecule has 0 amide bonds. The molecule has 0 aliphatic carbocycles. The quantitative estimate of drug-likeness (QED) is 0.104. The number of carbonyl (C=O) groups excluding carboxylic acids is 1. The van der Waals surface area contributed by atoms with Gasteiger partial charge >= 0.3 is 5.97 Å². The number of nitro benzene ring substituents is 1. The number of esters is 1. The Kier molecular flexibility index (Phi) is 10.1. The first kappa shape index (κ1) is 33.1. The number of nitro groups is 1. The zero-order valence-corrected chi connectivity index (χ0v) is 28.4. The predicted molar refractivity (Wildman–Crippen MR) is 179 cm³/mol. The van der Waals surface area contributed by atoms with E-state index >= 15 is 0 Å². The van der Waals surface area contributed by atoms with Crippen LogP contribution in [-0.4, -0.2) is 28.2 Å². The minimum Gasteiger partial charge on any atom is -0.491 e. The van der Waals surface area contributed by atoms with Crippen molar-refractivity contribution in [2.24, 2.45) is 4.99 Å². The van der Waals surface area contributed by atoms with Gasteiger partial charge in [0.05, 0.1) is 42.9 Å². The molecule has 5 rings (SSSR count). The maximum Gasteiger partial charge on any atom is 0.338 e. The molecule has 4 aromatic rings. The molecule has 238 valence electrons. The van der Waals surface area contributed by atoms with Crippen molar-refractivity contribution in [3.63, 3.8) is 0 Å². The second kappa shape index (κ2) is 14.0. The van der Waals surface area contributed by atoms with E-state index in [2.05, 4.69) is 20.9 Å². The number of nitrogens with zero attached hydrogens (tertiary/aromatic N) is 3. The topological polar surface area (TPSA) is 122 Å². The van der Waals surface area contributed by atoms with E-state index in [0.29, 0.717) is 47.2 Å². The molecule has 3 aromatic carbocycles. The van der Waals surface area contributed by atoms with Crippen molar-refractivity contribution in [3.8, 4) is 11.5 Å². The van der Waals surface area contributed by atoms with E-state index in [4.69, 9.17) is 25.8 Å². The summed E-state index contributed by atoms with van der Waals surface area (Å²) >= 11 is 11.3. The maximum atomic E-state index is 14.1. The van der Waals surface area contributed by atoms with Crippen LogP contribution in [0.25, 0.3) is 6.08 Å². The molecule has 1 aromatic heterocycles. The zero-order chi connectivity index (χ0) is 33.1. The summed E-state index contributed by atoms with van der Waals surface area (Å²) in [5, 5.41) is 11.2. The Morgan fingerprint density at radius 3 is 2.57 bits per heavy atom. The first-order chi connectivity index (χ1) is 22.0. The molecular weight excluding hydrogens is 698 g/mol. The van der Waals surface area contributed by atoms with Gasteiger partial charge in [0.25, 0.3) is 11.2 Å². The number of non-ortho nitro benzene ring substituents is 1. The van der Waals surface area contributed by atoms with Gasteiger partial charge in [0, 0.05) is 17.7 Å². The number of para-hydroxylation sites is 1. The molecule has 2 heterocycles. The number of rotatable bonds is 10. The Hall–Kier alpha value is -4.26. The van der Waals surface area contributed by atoms with Gasteiger partial charge < -0.3 is 14.2 Å². The van der Waals surface area contributed by atoms with Crippen molar-refractivity contribution in [1.29, 1.82) is 0 Å². The summed E-state index contributed by atoms with van der Waals surface area (Å²) in [5.41, 5.74) is 2.37. The highest BCUT2D eigenvalue weighted by atomic mass is 79.9. The number of ether oxygens (including phenoxy) is 3. The SMILES string of the molecule is CCOC(=O)C1=C(C)N=c2s/c(=C/c3cc(Cl)c(OCc4ccc([N+](=O)[O-])cc4)c(Br)c3)c(=O)n2[C@@H]1c1ccccc1OC(C)C. The summed E-state index contributed by atoms with van der Waals surface area (Å²) in [4.78, 5) is 42.9. The number of carbonyl (C=O) groups is 1. The van der Waals surface area contributed by atoms with Crippen LogP contribution < -0.4 is 24.4 Å². The molecule has 0 spiro atoms. The smallest absolute Gasteiger partial charge is 0.338 e. The number of benzene rings is 3. The lowest BCUT2D eigenvalue weighted by Gasteiger charge is -2.26. The summed E-state index contributed by atoms with van der Waals surface area (Å²) in [7, 11) is 0. The van der Waals surface area contributed by atoms with Crippen molar-refractivity contribution < 1.29 is 23.9 Å². The molecule has 0 saturated heterocycles. The highest BCUT2D eigenvalue weighted by molar-refractivity contribution is 9.10. The number of hydrogen-bond acceptors (Lipinski definition) is 9. The fraction of sp³-hybridized carbons (Fsp3) is 0.242. The largest absolute Gasteiger partial charge is 0.491 e. The van der Waals surface area contributed by atoms with Crippen LogP contribution in [-0.2, 0) is 16.1 Å². The molecular formula is C33H29BrClN3O7S. The molecule has 0 fully saturated rings. The van der Waals surface area contributed by atoms with Gasteiger partial charge in [0.2, 0.25) is 0 Å². The third-order valence-corrected chi connectivity index (χ3v) is 8.79. The Labute approximate surface area is 281 Å². The normalized spacial score (nSPS) is 14.6. The molecule has 0 saturated carbocycles. The Morgan fingerprint density at radius 1 is 1.20 bits per heavy atom. The maximum absolute atomic E-state index is 14.1. The molecule has 13 heteroatoms. The predicted octanol–water partition coefficient (Wildman–Crippen LogP) is 6.49. The number of fused-ring (bicyclic) bond motifs is 1. The highest BCUT2D eigenvalue weighted by Crippen LogP contribution is 2.37. The molecule has 0 unspecified atom stereocenters. The first-order valence-electron chi connectivity index (χ1n) is 14.3. The summed E-state index contributed by atoms with van der Waals surface area (Å²) < 4.78 is 19.9. The van der Waals surface area contributed by atoms with Crippen LogP contribution in [0.2, 0.25) is 5.02 Å². The molecule has 1 aliphatic rings. The second-order valence-corrected chi connectivity index (χ2v) is 12.8. The van der Waals surface area contributed by atoms with Crippen molar-refractivity contribution in [3.05, 3.63) is 128 Å². The van der Waals surface area contributed by atoms with E-state index < -0.39 is 16.9 Å². The molecule has 0 radical (unpaired) electrons. The van der Waals surface area contributed by atoms with Crippen LogP contribution in [0.4, 0.5) is 5.69 Å². The lowest BCUT2D eigenvalue weighted by atomic mass is 9.95. The fourth-order valence-corrected chi connectivity index (χ4v) is 7.01. The van der Waals surface area contributed by atoms with Gasteiger partial charge in [-0.2, -0.15) is 0 Å². The van der Waals surface area contributed by atoms with Crippen LogP contribution >= 0.6 is 38.9 Å². The Balaban J connectivity index is 1.54. The van der Waals surface area contributed by atoms with Crippen LogP contribution in [0.5, 0.6) is 11.5 Å². The van der Waals surface area contributed by atoms with E-state index in [1.54, 1.807) is 44.2 Å². The lowest BCUT2D eigenvalue weighted by molar-refractivity contribution is -0.384. The Morgan fingerprint density at radius 2 is 1.91 bits per heavy atom. The van der Waals surface area contributed by atoms with Crippen molar-refractivity contribution in [2.75, 3.05) is 6.61 Å². The average Bonchev–Trinajstić information content (AvgIpc) is 3.30. The van der Waals surface area contributed by atoms with E-state index in [1.165, 1.54) is 28.0 Å². The summed E-state index contributed by atoms with van der Waals surface area (Å²) in [6.07, 6.45) is 1.56. The van der Waals surface area contributed by atoms with Gasteiger partial charge in [-0.25, -0.2) is 9.79 Å². The van der Waals surface area contributed by atoms with E-state index in [0.717, 1.165) is 5.56 Å². The zero-order valence-electron chi connectivity index (χ0n) is 25.3. The number of allylic oxidation sites excluding steroid dienone is 1. The molecule has 1 atom stereocenters. The monoisotopic (exact) mass is 725 g/mol. The van der Waals surface area contributed by atoms with Crippen LogP contribution in [0.15, 0.2) is 86.2 Å². The van der Waals surface area contributed by atoms with Crippen LogP contribution in [0, 0.1) is 10.1 Å². The second-order valence-electron chi connectivity index (χ2n) is 10.5. The van der Waals surface area contributed by atoms with E-state index in [9.17, 15) is 19.7 Å². The minimum atomic E-state index is -0.821. The summed E-state index contributed by atoms with van der Waals surface area (Å²) in [6, 6.07) is 16.0. The molecule has 46 heavy (non-hydrogen) atoms. The van der Waals surface area contributed by atoms with Gasteiger partial charge in [0.1, 0.15) is 18.4 Å². The van der Waals surface area contributed by atoms with E-state index in [-0.39, 0.29) is 36.1 Å². The van der Waals surface area contributed by atoms with Gasteiger partial charge in [0.15, 0.2) is 10.6 Å². The third-order valence-electron chi connectivity index (χ3n) is 6.94. The first-order valence-corrected chi connectivity index (χ1v) is 16.3. The Bertz CT molecular complexity index is 2010. The number of thiazole rings is 1. The number of aromatic nitrogens is 1. The van der Waals surface area contributed by atoms with Gasteiger partial charge in [-0.3, -0.25) is 19.5 Å². The lowest BCUT2D eigenvalue weighted by Crippen LogP contribution is -2.40. The van der Waals surface area contributed by atoms with Gasteiger partial charge in [-0.1, -0.05) is 41.1 Å². The molecule has 1 aliphatic heterocycles. The summed E-state index contributed by atoms with van der Waals surface area (Å²) in [6.45, 7) is 7.58. The molecule has 0 N–H and O–H groups in total. The van der Waals surface area contributed by atoms with E-state index in [1.807, 2.05) is 38.1 Å². The standard InChI is InChI=1S/C33H29BrClN3O7S/c1-5-43-32(40)28-19(4)36-33-37(29(28)23-8-6-7-9-26(23)45-18(2)3)31(39)27(46-33)16-21-14-24(34)30(25(35)15-21)44-17-20-10-12-22(13-11-20)38(41)42/h6-16,18,29H,5,17H2,1-4H3/b27-16+/t29-/m1/s1. The van der Waals surface area contributed by atoms with Crippen molar-refractivity contribution in [1.82, 2.24) is 4.57 Å². The number of hydrogen-bond donors (Lipinski definition) is 0. The minimum absolute atomic E-state index is 0.00991. The van der Waals surface area contributed by atoms with Crippen LogP contribution in [0.1, 0.15) is 50.4 Å². The van der Waals surface area contributed by atoms with Gasteiger partial charge in [-0.15, -0.1) is 0 Å². The molecule has 10 nitrogen and oxygen atoms in total. The highest BCUT2D eigenvalue weighted by Gasteiger charge is 2.35. The molecule has 0 bridgehead atoms. The van der Waals surface area contributed by atoms with Gasteiger partial charge in [-0.05, 0) is 91.2 Å². The third kappa shape index (κ3) is 6.93. The van der Waals surface area contributed by atoms with Crippen molar-refractivity contribution in [2.45, 2.75) is 46.4 Å². The fourth-order valence-electron chi connectivity index (χ4n) is 4.97. The number of halogens is 2.